The van der Waals surface area contributed by atoms with Crippen LogP contribution in [0.3, 0.4) is 0 Å². The first-order chi connectivity index (χ1) is 27.9. The van der Waals surface area contributed by atoms with Gasteiger partial charge in [-0.3, -0.25) is 19.8 Å². The van der Waals surface area contributed by atoms with Crippen LogP contribution in [0.5, 0.6) is 0 Å². The summed E-state index contributed by atoms with van der Waals surface area (Å²) < 4.78 is 1.03. The summed E-state index contributed by atoms with van der Waals surface area (Å²) in [5.41, 5.74) is 5.24. The lowest BCUT2D eigenvalue weighted by Crippen LogP contribution is -2.18. The van der Waals surface area contributed by atoms with Gasteiger partial charge in [0.1, 0.15) is 20.8 Å². The maximum Gasteiger partial charge on any atom is 0.252 e. The smallest absolute Gasteiger partial charge is 0.252 e. The van der Waals surface area contributed by atoms with Crippen molar-refractivity contribution in [3.8, 4) is 24.2 Å². The number of carbonyl (C=O) groups is 2. The summed E-state index contributed by atoms with van der Waals surface area (Å²) in [5, 5.41) is 22.0. The van der Waals surface area contributed by atoms with Crippen LogP contribution in [0.1, 0.15) is 37.8 Å². The Bertz CT molecular complexity index is 2750. The minimum absolute atomic E-state index is 0.0755. The molecule has 4 aromatic carbocycles. The number of halogens is 1. The summed E-state index contributed by atoms with van der Waals surface area (Å²) in [6, 6.07) is 38.4. The van der Waals surface area contributed by atoms with E-state index in [1.807, 2.05) is 115 Å². The number of benzene rings is 4. The number of nitrogens with one attached hydrogen (secondary N) is 4. The summed E-state index contributed by atoms with van der Waals surface area (Å²) in [5.74, 6) is 8.37. The maximum atomic E-state index is 12.1. The summed E-state index contributed by atoms with van der Waals surface area (Å²) in [6.45, 7) is 0. The third-order valence-electron chi connectivity index (χ3n) is 7.97. The highest BCUT2D eigenvalue weighted by Gasteiger charge is 2.13. The number of hydrogen-bond donors (Lipinski definition) is 4. The van der Waals surface area contributed by atoms with Crippen LogP contribution < -0.4 is 10.6 Å². The van der Waals surface area contributed by atoms with Crippen molar-refractivity contribution in [3.63, 3.8) is 0 Å². The van der Waals surface area contributed by atoms with E-state index < -0.39 is 0 Å². The van der Waals surface area contributed by atoms with Crippen molar-refractivity contribution in [2.45, 2.75) is 19.6 Å². The summed E-state index contributed by atoms with van der Waals surface area (Å²) in [7, 11) is 3.27. The molecule has 0 aliphatic heterocycles. The van der Waals surface area contributed by atoms with Gasteiger partial charge in [0, 0.05) is 56.8 Å². The molecular formula is C44H33IN8O2S2. The van der Waals surface area contributed by atoms with Gasteiger partial charge in [-0.1, -0.05) is 65.8 Å². The van der Waals surface area contributed by atoms with Crippen LogP contribution in [0.2, 0.25) is 0 Å². The third kappa shape index (κ3) is 10.7. The number of amides is 2. The Morgan fingerprint density at radius 2 is 1.14 bits per heavy atom. The van der Waals surface area contributed by atoms with Crippen LogP contribution >= 0.6 is 46.1 Å². The highest BCUT2D eigenvalue weighted by molar-refractivity contribution is 14.1. The molecule has 13 heteroatoms. The van der Waals surface area contributed by atoms with Crippen LogP contribution in [0.15, 0.2) is 153 Å². The SMILES string of the molecule is C#Cc1ccccn1.CNC(=O)c1ccccc1Sc1ccc2c(C#Cc3ccccn3)[nH]nc2c1.CNC(=O)c1ccccc1Sc1ccc2c(I)[nH]nc2c1. The van der Waals surface area contributed by atoms with Crippen LogP contribution in [0.4, 0.5) is 0 Å². The van der Waals surface area contributed by atoms with Gasteiger partial charge in [-0.15, -0.1) is 6.42 Å². The van der Waals surface area contributed by atoms with Crippen LogP contribution in [0.25, 0.3) is 21.8 Å². The van der Waals surface area contributed by atoms with E-state index in [-0.39, 0.29) is 11.8 Å². The first-order valence-electron chi connectivity index (χ1n) is 17.3. The van der Waals surface area contributed by atoms with E-state index in [0.29, 0.717) is 22.5 Å². The lowest BCUT2D eigenvalue weighted by molar-refractivity contribution is 0.0952. The lowest BCUT2D eigenvalue weighted by Gasteiger charge is -2.07. The molecule has 8 rings (SSSR count). The number of H-pyrrole nitrogens is 2. The Kier molecular flexibility index (Phi) is 14.1. The Balaban J connectivity index is 0.000000166. The fraction of sp³-hybridized carbons (Fsp3) is 0.0455. The predicted octanol–water partition coefficient (Wildman–Crippen LogP) is 8.61. The largest absolute Gasteiger partial charge is 0.355 e. The molecule has 0 spiro atoms. The minimum atomic E-state index is -0.101. The van der Waals surface area contributed by atoms with Crippen molar-refractivity contribution in [3.05, 3.63) is 166 Å². The molecule has 4 heterocycles. The Morgan fingerprint density at radius 1 is 0.632 bits per heavy atom. The molecule has 8 aromatic rings. The fourth-order valence-corrected chi connectivity index (χ4v) is 7.73. The highest BCUT2D eigenvalue weighted by Crippen LogP contribution is 2.34. The van der Waals surface area contributed by atoms with Gasteiger partial charge in [0.05, 0.1) is 22.2 Å². The molecule has 0 unspecified atom stereocenters. The van der Waals surface area contributed by atoms with Gasteiger partial charge in [-0.25, -0.2) is 9.97 Å². The van der Waals surface area contributed by atoms with Crippen molar-refractivity contribution < 1.29 is 9.59 Å². The zero-order valence-electron chi connectivity index (χ0n) is 30.6. The van der Waals surface area contributed by atoms with E-state index in [0.717, 1.165) is 50.8 Å². The molecule has 57 heavy (non-hydrogen) atoms. The van der Waals surface area contributed by atoms with E-state index in [1.54, 1.807) is 44.3 Å². The lowest BCUT2D eigenvalue weighted by atomic mass is 10.2. The molecule has 280 valence electrons. The van der Waals surface area contributed by atoms with Crippen LogP contribution in [0, 0.1) is 27.9 Å². The average molecular weight is 897 g/mol. The van der Waals surface area contributed by atoms with Gasteiger partial charge in [0.2, 0.25) is 0 Å². The molecule has 0 saturated carbocycles. The third-order valence-corrected chi connectivity index (χ3v) is 10.9. The second-order valence-electron chi connectivity index (χ2n) is 11.7. The monoisotopic (exact) mass is 896 g/mol. The molecule has 0 radical (unpaired) electrons. The standard InChI is InChI=1S/C22H16N4OS.C15H12IN3OS.C7H5N/c1-23-22(27)18-7-2-3-8-21(18)28-16-10-11-17-19(25-26-20(17)14-16)12-9-15-6-4-5-13-24-15;1-17-15(20)11-4-2-3-5-13(11)21-9-6-7-10-12(8-9)18-19-14(10)16;1-2-7-5-3-4-6-8-7/h2-8,10-11,13-14H,1H3,(H,23,27)(H,25,26);2-8H,1H3,(H,17,20)(H,18,19);1,3-6H. The molecule has 0 aliphatic rings. The van der Waals surface area contributed by atoms with Crippen LogP contribution in [-0.4, -0.2) is 56.3 Å². The molecule has 0 atom stereocenters. The number of carbonyl (C=O) groups excluding carboxylic acids is 2. The number of fused-ring (bicyclic) bond motifs is 2. The van der Waals surface area contributed by atoms with Crippen molar-refractivity contribution in [1.82, 2.24) is 41.0 Å². The number of aromatic amines is 2. The maximum absolute atomic E-state index is 12.1. The van der Waals surface area contributed by atoms with Gasteiger partial charge >= 0.3 is 0 Å². The topological polar surface area (TPSA) is 141 Å². The number of rotatable bonds is 6. The van der Waals surface area contributed by atoms with E-state index in [9.17, 15) is 9.59 Å². The van der Waals surface area contributed by atoms with Crippen molar-refractivity contribution in [1.29, 1.82) is 0 Å². The van der Waals surface area contributed by atoms with Gasteiger partial charge in [0.15, 0.2) is 0 Å². The Hall–Kier alpha value is -6.39. The summed E-state index contributed by atoms with van der Waals surface area (Å²) in [6.07, 6.45) is 8.43. The molecule has 4 N–H and O–H groups in total. The number of hydrogen-bond acceptors (Lipinski definition) is 8. The number of pyridine rings is 2. The second kappa shape index (κ2) is 20.0. The molecule has 10 nitrogen and oxygen atoms in total. The van der Waals surface area contributed by atoms with E-state index >= 15 is 0 Å². The van der Waals surface area contributed by atoms with Crippen molar-refractivity contribution >= 4 is 79.7 Å². The van der Waals surface area contributed by atoms with Gasteiger partial charge in [-0.05, 0) is 119 Å². The minimum Gasteiger partial charge on any atom is -0.355 e. The van der Waals surface area contributed by atoms with Gasteiger partial charge in [0.25, 0.3) is 11.8 Å². The quantitative estimate of drug-likeness (QED) is 0.0962. The summed E-state index contributed by atoms with van der Waals surface area (Å²) >= 11 is 5.33. The molecule has 4 aromatic heterocycles. The van der Waals surface area contributed by atoms with E-state index in [2.05, 4.69) is 81.3 Å². The van der Waals surface area contributed by atoms with Crippen LogP contribution in [-0.2, 0) is 0 Å². The Labute approximate surface area is 351 Å². The highest BCUT2D eigenvalue weighted by atomic mass is 127. The molecule has 0 aliphatic carbocycles. The molecule has 2 amide bonds. The van der Waals surface area contributed by atoms with Crippen molar-refractivity contribution in [2.24, 2.45) is 0 Å². The predicted molar refractivity (Wildman–Crippen MR) is 235 cm³/mol. The van der Waals surface area contributed by atoms with E-state index in [1.165, 1.54) is 11.8 Å². The average Bonchev–Trinajstić information content (AvgIpc) is 3.85. The molecule has 0 fully saturated rings. The molecular weight excluding hydrogens is 864 g/mol. The fourth-order valence-electron chi connectivity index (χ4n) is 5.19. The van der Waals surface area contributed by atoms with Gasteiger partial charge in [-0.2, -0.15) is 10.2 Å². The molecule has 0 saturated heterocycles. The first kappa shape index (κ1) is 40.3. The number of nitrogens with zero attached hydrogens (tertiary/aromatic N) is 4. The first-order valence-corrected chi connectivity index (χ1v) is 20.0. The van der Waals surface area contributed by atoms with Crippen molar-refractivity contribution in [2.75, 3.05) is 14.1 Å². The number of aromatic nitrogens is 6. The summed E-state index contributed by atoms with van der Waals surface area (Å²) in [4.78, 5) is 35.9. The second-order valence-corrected chi connectivity index (χ2v) is 15.0. The molecule has 0 bridgehead atoms. The Morgan fingerprint density at radius 3 is 1.67 bits per heavy atom. The number of terminal acetylenes is 1. The normalized spacial score (nSPS) is 10.1. The van der Waals surface area contributed by atoms with Gasteiger partial charge < -0.3 is 10.6 Å². The van der Waals surface area contributed by atoms with E-state index in [4.69, 9.17) is 6.42 Å². The zero-order valence-corrected chi connectivity index (χ0v) is 34.4. The zero-order chi connectivity index (χ0) is 40.0.